The molecule has 0 spiro atoms. The number of nitrogens with one attached hydrogen (secondary N) is 3. The molecule has 3 N–H and O–H groups in total. The molecule has 664 valence electrons. The first-order chi connectivity index (χ1) is 62.4. The van der Waals surface area contributed by atoms with Crippen LogP contribution in [0.4, 0.5) is 50.4 Å². The maximum atomic E-state index is 14.9. The van der Waals surface area contributed by atoms with Crippen molar-refractivity contribution in [1.82, 2.24) is 35.7 Å². The molecule has 21 rings (SSSR count). The molecule has 3 atom stereocenters. The number of ether oxygens (including phenoxy) is 1. The molecule has 14 heterocycles. The third-order valence-corrected chi connectivity index (χ3v) is 25.2. The molecule has 7 aromatic carbocycles. The second-order valence-electron chi connectivity index (χ2n) is 32.7. The lowest BCUT2D eigenvalue weighted by atomic mass is 10.0. The van der Waals surface area contributed by atoms with Gasteiger partial charge < -0.3 is 81.5 Å². The molecular weight excluding hydrogens is 1700 g/mol. The Morgan fingerprint density at radius 2 is 0.860 bits per heavy atom. The molecule has 5 fully saturated rings. The van der Waals surface area contributed by atoms with Gasteiger partial charge in [0.1, 0.15) is 62.3 Å². The van der Waals surface area contributed by atoms with Crippen molar-refractivity contribution in [1.29, 1.82) is 0 Å². The van der Waals surface area contributed by atoms with Crippen LogP contribution < -0.4 is 73.3 Å². The summed E-state index contributed by atoms with van der Waals surface area (Å²) in [7, 11) is 5.63. The van der Waals surface area contributed by atoms with Crippen molar-refractivity contribution in [3.63, 3.8) is 0 Å². The van der Waals surface area contributed by atoms with E-state index >= 15 is 0 Å². The van der Waals surface area contributed by atoms with E-state index in [1.807, 2.05) is 104 Å². The molecule has 31 heteroatoms. The lowest BCUT2D eigenvalue weighted by Gasteiger charge is -2.37. The first-order valence-corrected chi connectivity index (χ1v) is 44.4. The maximum absolute atomic E-state index is 14.9. The largest absolute Gasteiger partial charge is 0.481 e. The number of halogens is 5. The van der Waals surface area contributed by atoms with Crippen LogP contribution in [0, 0.1) is 29.1 Å². The van der Waals surface area contributed by atoms with Crippen LogP contribution >= 0.6 is 22.7 Å². The zero-order valence-electron chi connectivity index (χ0n) is 71.6. The SMILES string of the molecule is CN1CCCN(c2cc(F)c3cc(-c4cc(F)cc(F)c4)c(=O)oc3c2)CC1.CN1CCN(c2cc(F)c3cc(-c4nc5c(F)cccc5o4)c(=O)oc3c2)CC1.COc1cccc(-c2cc3ccc(N4CCN[C@@H](C)C4)cc3oc2=O)n1.C[C@@H]1CN(c2ccc3cc(-c4cccs4)c(=O)oc3c2)C[C@H](C)N1.O=c1oc2cc(N3CCNCC3)ccc2cc1-c1cccs1. The highest BCUT2D eigenvalue weighted by Gasteiger charge is 2.27. The third-order valence-electron chi connectivity index (χ3n) is 23.4. The quantitative estimate of drug-likeness (QED) is 0.0803. The van der Waals surface area contributed by atoms with Crippen molar-refractivity contribution in [2.45, 2.75) is 45.3 Å². The average Bonchev–Trinajstić information content (AvgIpc) is 1.60. The number of thiophene rings is 2. The maximum Gasteiger partial charge on any atom is 0.349 e. The van der Waals surface area contributed by atoms with Crippen LogP contribution in [-0.2, 0) is 0 Å². The standard InChI is InChI=1S/C21H19F3N2O2.C21H17F2N3O3.C20H21N3O3.C19H20N2O2S.C17H16N2O2S/c1-25-3-2-4-26(6-5-25)16-10-19(24)18-12-17(21(27)28-20(18)11-16)13-7-14(22)9-15(23)8-13;1-25-5-7-26(8-6-25)12-9-16(23)13-11-14(21(27)29-18(13)10-12)20-24-19-15(22)3-2-4-17(19)28-20;1-13-12-23(9-8-21-13)15-7-6-14-10-16(20(24)26-18(14)11-15)17-4-3-5-19(22-17)25-2;1-12-10-21(11-13(2)20-12)15-6-5-14-8-16(18-4-3-7-24-18)19(22)23-17(14)9-15;20-17-14(16-2-1-9-22-16)10-12-3-4-13(11-15(12)21-17)19-7-5-18-6-8-19/h7-12H,2-6H2,1H3;2-4,9-11H,5-8H2,1H3;3-7,10-11,13,21H,8-9,12H2,1-2H3;3-9,12-13,20H,10-11H2,1-2H3;1-4,9-11,18H,5-8H2/t;;13-;12-,13+;/m..0../s1. The van der Waals surface area contributed by atoms with Gasteiger partial charge in [0, 0.05) is 220 Å². The Hall–Kier alpha value is -13.1. The van der Waals surface area contributed by atoms with E-state index in [-0.39, 0.29) is 66.9 Å². The van der Waals surface area contributed by atoms with Crippen molar-refractivity contribution in [3.05, 3.63) is 280 Å². The Morgan fingerprint density at radius 3 is 1.41 bits per heavy atom. The van der Waals surface area contributed by atoms with Gasteiger partial charge in [0.2, 0.25) is 11.8 Å². The number of benzene rings is 7. The predicted octanol–water partition coefficient (Wildman–Crippen LogP) is 17.0. The number of aromatic nitrogens is 2. The van der Waals surface area contributed by atoms with Gasteiger partial charge in [-0.2, -0.15) is 0 Å². The third kappa shape index (κ3) is 20.2. The first kappa shape index (κ1) is 87.9. The number of rotatable bonds is 11. The van der Waals surface area contributed by atoms with Gasteiger partial charge in [-0.15, -0.1) is 22.7 Å². The summed E-state index contributed by atoms with van der Waals surface area (Å²) in [5.74, 6) is -2.91. The number of methoxy groups -OCH3 is 1. The molecule has 5 saturated heterocycles. The lowest BCUT2D eigenvalue weighted by molar-refractivity contribution is 0.313. The smallest absolute Gasteiger partial charge is 0.349 e. The molecule has 9 aromatic heterocycles. The summed E-state index contributed by atoms with van der Waals surface area (Å²) in [6, 6.07) is 54.1. The number of anilines is 5. The van der Waals surface area contributed by atoms with E-state index in [1.165, 1.54) is 36.4 Å². The van der Waals surface area contributed by atoms with Crippen LogP contribution in [0.2, 0.25) is 0 Å². The highest BCUT2D eigenvalue weighted by molar-refractivity contribution is 7.13. The molecule has 0 radical (unpaired) electrons. The zero-order chi connectivity index (χ0) is 89.7. The molecule has 5 aliphatic heterocycles. The number of likely N-dealkylation sites (N-methyl/N-ethyl adjacent to an activating group) is 2. The van der Waals surface area contributed by atoms with Crippen LogP contribution in [0.25, 0.3) is 121 Å². The van der Waals surface area contributed by atoms with E-state index in [9.17, 15) is 45.9 Å². The van der Waals surface area contributed by atoms with Gasteiger partial charge in [0.05, 0.1) is 45.8 Å². The molecule has 0 bridgehead atoms. The molecule has 0 amide bonds. The van der Waals surface area contributed by atoms with Crippen molar-refractivity contribution < 1.29 is 53.2 Å². The molecule has 129 heavy (non-hydrogen) atoms. The number of nitrogens with zero attached hydrogens (tertiary/aromatic N) is 9. The van der Waals surface area contributed by atoms with E-state index in [0.717, 1.165) is 173 Å². The van der Waals surface area contributed by atoms with Crippen LogP contribution in [0.1, 0.15) is 27.2 Å². The van der Waals surface area contributed by atoms with E-state index in [2.05, 4.69) is 99.2 Å². The molecule has 0 aliphatic carbocycles. The molecule has 24 nitrogen and oxygen atoms in total. The Kier molecular flexibility index (Phi) is 26.5. The van der Waals surface area contributed by atoms with Crippen molar-refractivity contribution in [2.75, 3.05) is 157 Å². The van der Waals surface area contributed by atoms with Gasteiger partial charge in [0.15, 0.2) is 11.4 Å². The average molecular weight is 1790 g/mol. The molecular formula is C98H93F5N12O12S2. The minimum absolute atomic E-state index is 0.00665. The zero-order valence-corrected chi connectivity index (χ0v) is 73.3. The van der Waals surface area contributed by atoms with Crippen molar-refractivity contribution in [3.8, 4) is 60.6 Å². The summed E-state index contributed by atoms with van der Waals surface area (Å²) in [6.07, 6.45) is 0.949. The number of hydrogen-bond acceptors (Lipinski definition) is 26. The molecule has 5 aliphatic rings. The fourth-order valence-corrected chi connectivity index (χ4v) is 18.2. The number of para-hydroxylation sites is 1. The predicted molar refractivity (Wildman–Crippen MR) is 500 cm³/mol. The summed E-state index contributed by atoms with van der Waals surface area (Å²) in [4.78, 5) is 87.8. The summed E-state index contributed by atoms with van der Waals surface area (Å²) in [6.45, 7) is 21.8. The van der Waals surface area contributed by atoms with Crippen LogP contribution in [0.5, 0.6) is 5.88 Å². The molecule has 0 saturated carbocycles. The van der Waals surface area contributed by atoms with E-state index in [4.69, 9.17) is 31.2 Å². The molecule has 16 aromatic rings. The van der Waals surface area contributed by atoms with Gasteiger partial charge in [-0.3, -0.25) is 0 Å². The minimum atomic E-state index is -0.823. The Labute approximate surface area is 744 Å². The first-order valence-electron chi connectivity index (χ1n) is 42.7. The van der Waals surface area contributed by atoms with Gasteiger partial charge in [-0.05, 0) is 185 Å². The van der Waals surface area contributed by atoms with E-state index in [0.29, 0.717) is 80.6 Å². The monoisotopic (exact) mass is 1790 g/mol. The van der Waals surface area contributed by atoms with Crippen molar-refractivity contribution >= 4 is 117 Å². The normalized spacial score (nSPS) is 17.0. The highest BCUT2D eigenvalue weighted by Crippen LogP contribution is 2.36. The lowest BCUT2D eigenvalue weighted by Crippen LogP contribution is -2.54. The van der Waals surface area contributed by atoms with Crippen LogP contribution in [0.3, 0.4) is 0 Å². The topological polar surface area (TPSA) is 258 Å². The summed E-state index contributed by atoms with van der Waals surface area (Å²) < 4.78 is 109. The molecule has 0 unspecified atom stereocenters. The fourth-order valence-electron chi connectivity index (χ4n) is 16.7. The highest BCUT2D eigenvalue weighted by atomic mass is 32.1. The van der Waals surface area contributed by atoms with Crippen LogP contribution in [-0.4, -0.2) is 170 Å². The second kappa shape index (κ2) is 38.8. The second-order valence-corrected chi connectivity index (χ2v) is 34.6. The Morgan fingerprint density at radius 1 is 0.388 bits per heavy atom. The van der Waals surface area contributed by atoms with Gasteiger partial charge >= 0.3 is 28.1 Å². The summed E-state index contributed by atoms with van der Waals surface area (Å²) >= 11 is 3.10. The van der Waals surface area contributed by atoms with Gasteiger partial charge in [-0.1, -0.05) is 24.3 Å². The summed E-state index contributed by atoms with van der Waals surface area (Å²) in [5, 5.41) is 17.3. The van der Waals surface area contributed by atoms with Gasteiger partial charge in [-0.25, -0.2) is 55.9 Å². The number of hydrogen-bond donors (Lipinski definition) is 3. The Bertz CT molecular complexity index is 7070. The fraction of sp³-hybridized carbons (Fsp3) is 0.276. The summed E-state index contributed by atoms with van der Waals surface area (Å²) in [5.41, 5.74) is 6.62. The van der Waals surface area contributed by atoms with Crippen molar-refractivity contribution in [2.24, 2.45) is 0 Å². The number of piperazine rings is 4. The Balaban J connectivity index is 0.000000114. The van der Waals surface area contributed by atoms with E-state index in [1.54, 1.807) is 66.2 Å². The number of oxazole rings is 1. The minimum Gasteiger partial charge on any atom is -0.481 e. The van der Waals surface area contributed by atoms with E-state index < -0.39 is 46.0 Å². The van der Waals surface area contributed by atoms with Crippen LogP contribution in [0.15, 0.2) is 249 Å². The number of pyridine rings is 1. The van der Waals surface area contributed by atoms with Gasteiger partial charge in [0.25, 0.3) is 0 Å². The number of fused-ring (bicyclic) bond motifs is 6.